The molecule has 0 amide bonds. The van der Waals surface area contributed by atoms with Gasteiger partial charge >= 0.3 is 0 Å². The van der Waals surface area contributed by atoms with Gasteiger partial charge in [-0.15, -0.1) is 11.3 Å². The SMILES string of the molecule is CCCCCCC(C)(C)C(=O)n1c(=O)ccc2ccc(OCCCCN3CCN(c4cccc5sccc45)CC3)cc21. The van der Waals surface area contributed by atoms with Gasteiger partial charge in [0.15, 0.2) is 0 Å². The van der Waals surface area contributed by atoms with E-state index in [9.17, 15) is 9.59 Å². The first kappa shape index (κ1) is 30.3. The summed E-state index contributed by atoms with van der Waals surface area (Å²) < 4.78 is 8.83. The largest absolute Gasteiger partial charge is 0.494 e. The van der Waals surface area contributed by atoms with Gasteiger partial charge in [0.2, 0.25) is 5.91 Å². The van der Waals surface area contributed by atoms with Crippen molar-refractivity contribution in [3.05, 3.63) is 70.3 Å². The summed E-state index contributed by atoms with van der Waals surface area (Å²) in [7, 11) is 0. The molecule has 0 atom stereocenters. The van der Waals surface area contributed by atoms with Gasteiger partial charge in [0.1, 0.15) is 5.75 Å². The Bertz CT molecular complexity index is 1550. The smallest absolute Gasteiger partial charge is 0.257 e. The molecular weight excluding hydrogens is 542 g/mol. The first-order valence-electron chi connectivity index (χ1n) is 15.6. The third kappa shape index (κ3) is 7.07. The molecule has 2 aromatic heterocycles. The summed E-state index contributed by atoms with van der Waals surface area (Å²) in [6.07, 6.45) is 7.22. The lowest BCUT2D eigenvalue weighted by Crippen LogP contribution is -2.46. The molecule has 1 fully saturated rings. The molecule has 0 spiro atoms. The number of hydrogen-bond acceptors (Lipinski definition) is 6. The molecule has 0 unspecified atom stereocenters. The minimum Gasteiger partial charge on any atom is -0.494 e. The van der Waals surface area contributed by atoms with Crippen LogP contribution in [0.2, 0.25) is 0 Å². The zero-order valence-corrected chi connectivity index (χ0v) is 26.3. The van der Waals surface area contributed by atoms with Crippen molar-refractivity contribution < 1.29 is 9.53 Å². The van der Waals surface area contributed by atoms with Crippen LogP contribution in [0.1, 0.15) is 70.5 Å². The lowest BCUT2D eigenvalue weighted by atomic mass is 9.85. The summed E-state index contributed by atoms with van der Waals surface area (Å²) in [5.41, 5.74) is 1.10. The van der Waals surface area contributed by atoms with E-state index in [0.29, 0.717) is 17.9 Å². The first-order valence-corrected chi connectivity index (χ1v) is 16.5. The van der Waals surface area contributed by atoms with Crippen LogP contribution in [0.25, 0.3) is 21.0 Å². The fourth-order valence-electron chi connectivity index (χ4n) is 6.01. The van der Waals surface area contributed by atoms with Gasteiger partial charge in [0.05, 0.1) is 12.1 Å². The summed E-state index contributed by atoms with van der Waals surface area (Å²) in [6.45, 7) is 12.0. The van der Waals surface area contributed by atoms with Gasteiger partial charge < -0.3 is 9.64 Å². The van der Waals surface area contributed by atoms with Crippen LogP contribution in [-0.4, -0.2) is 54.7 Å². The number of thiophene rings is 1. The number of fused-ring (bicyclic) bond motifs is 2. The normalized spacial score (nSPS) is 14.6. The Kier molecular flexibility index (Phi) is 10.0. The van der Waals surface area contributed by atoms with Gasteiger partial charge in [0.25, 0.3) is 5.56 Å². The van der Waals surface area contributed by atoms with Crippen molar-refractivity contribution in [3.63, 3.8) is 0 Å². The molecule has 6 nitrogen and oxygen atoms in total. The molecule has 1 aliphatic heterocycles. The van der Waals surface area contributed by atoms with Crippen molar-refractivity contribution >= 4 is 43.9 Å². The number of nitrogens with zero attached hydrogens (tertiary/aromatic N) is 3. The van der Waals surface area contributed by atoms with Gasteiger partial charge in [-0.1, -0.05) is 52.5 Å². The van der Waals surface area contributed by atoms with Gasteiger partial charge in [-0.2, -0.15) is 0 Å². The highest BCUT2D eigenvalue weighted by Crippen LogP contribution is 2.31. The predicted molar refractivity (Wildman–Crippen MR) is 177 cm³/mol. The maximum atomic E-state index is 13.6. The highest BCUT2D eigenvalue weighted by atomic mass is 32.1. The van der Waals surface area contributed by atoms with Crippen LogP contribution in [0.3, 0.4) is 0 Å². The highest BCUT2D eigenvalue weighted by molar-refractivity contribution is 7.17. The van der Waals surface area contributed by atoms with Crippen molar-refractivity contribution in [2.45, 2.75) is 65.7 Å². The van der Waals surface area contributed by atoms with Crippen LogP contribution in [0.5, 0.6) is 5.75 Å². The lowest BCUT2D eigenvalue weighted by Gasteiger charge is -2.36. The first-order chi connectivity index (χ1) is 20.4. The number of pyridine rings is 1. The van der Waals surface area contributed by atoms with Crippen molar-refractivity contribution in [2.75, 3.05) is 44.2 Å². The Labute approximate surface area is 253 Å². The van der Waals surface area contributed by atoms with E-state index in [-0.39, 0.29) is 11.5 Å². The maximum Gasteiger partial charge on any atom is 0.257 e. The number of hydrogen-bond donors (Lipinski definition) is 0. The predicted octanol–water partition coefficient (Wildman–Crippen LogP) is 7.83. The van der Waals surface area contributed by atoms with E-state index in [4.69, 9.17) is 4.74 Å². The Balaban J connectivity index is 1.12. The number of carbonyl (C=O) groups excluding carboxylic acids is 1. The monoisotopic (exact) mass is 587 g/mol. The van der Waals surface area contributed by atoms with Crippen LogP contribution in [-0.2, 0) is 0 Å². The Hall–Kier alpha value is -3.16. The molecule has 0 aliphatic carbocycles. The Morgan fingerprint density at radius 2 is 1.74 bits per heavy atom. The van der Waals surface area contributed by atoms with Crippen molar-refractivity contribution in [1.82, 2.24) is 9.47 Å². The average molecular weight is 588 g/mol. The molecule has 224 valence electrons. The molecule has 4 aromatic rings. The minimum atomic E-state index is -0.606. The van der Waals surface area contributed by atoms with E-state index in [0.717, 1.165) is 76.6 Å². The number of aromatic nitrogens is 1. The average Bonchev–Trinajstić information content (AvgIpc) is 3.48. The van der Waals surface area contributed by atoms with Crippen LogP contribution in [0.4, 0.5) is 5.69 Å². The molecule has 0 radical (unpaired) electrons. The Morgan fingerprint density at radius 3 is 2.55 bits per heavy atom. The van der Waals surface area contributed by atoms with Crippen molar-refractivity contribution in [1.29, 1.82) is 0 Å². The molecular formula is C35H45N3O3S. The summed E-state index contributed by atoms with van der Waals surface area (Å²) in [6, 6.07) is 17.9. The number of anilines is 1. The van der Waals surface area contributed by atoms with Crippen LogP contribution < -0.4 is 15.2 Å². The summed E-state index contributed by atoms with van der Waals surface area (Å²) >= 11 is 1.81. The zero-order chi connectivity index (χ0) is 29.5. The second kappa shape index (κ2) is 13.9. The molecule has 1 aliphatic rings. The number of piperazine rings is 1. The maximum absolute atomic E-state index is 13.6. The molecule has 0 N–H and O–H groups in total. The molecule has 5 rings (SSSR count). The fraction of sp³-hybridized carbons (Fsp3) is 0.486. The van der Waals surface area contributed by atoms with E-state index < -0.39 is 5.41 Å². The van der Waals surface area contributed by atoms with E-state index >= 15 is 0 Å². The quantitative estimate of drug-likeness (QED) is 0.149. The van der Waals surface area contributed by atoms with Gasteiger partial charge in [-0.3, -0.25) is 14.5 Å². The number of ether oxygens (including phenoxy) is 1. The van der Waals surface area contributed by atoms with E-state index in [1.807, 2.05) is 43.4 Å². The number of carbonyl (C=O) groups is 1. The van der Waals surface area contributed by atoms with Gasteiger partial charge in [-0.05, 0) is 73.0 Å². The van der Waals surface area contributed by atoms with Gasteiger partial charge in [0, 0.05) is 59.5 Å². The van der Waals surface area contributed by atoms with Gasteiger partial charge in [-0.25, -0.2) is 4.57 Å². The van der Waals surface area contributed by atoms with Crippen molar-refractivity contribution in [2.24, 2.45) is 5.41 Å². The lowest BCUT2D eigenvalue weighted by molar-refractivity contribution is 0.0730. The number of unbranched alkanes of at least 4 members (excludes halogenated alkanes) is 4. The summed E-state index contributed by atoms with van der Waals surface area (Å²) in [5.74, 6) is 0.561. The Morgan fingerprint density at radius 1 is 0.929 bits per heavy atom. The zero-order valence-electron chi connectivity index (χ0n) is 25.4. The molecule has 7 heteroatoms. The molecule has 1 saturated heterocycles. The number of rotatable bonds is 13. The molecule has 42 heavy (non-hydrogen) atoms. The summed E-state index contributed by atoms with van der Waals surface area (Å²) in [4.78, 5) is 31.6. The second-order valence-corrected chi connectivity index (χ2v) is 13.2. The van der Waals surface area contributed by atoms with E-state index in [2.05, 4.69) is 46.4 Å². The summed E-state index contributed by atoms with van der Waals surface area (Å²) in [5, 5.41) is 4.42. The van der Waals surface area contributed by atoms with Crippen LogP contribution in [0.15, 0.2) is 64.8 Å². The third-order valence-corrected chi connectivity index (χ3v) is 9.51. The fourth-order valence-corrected chi connectivity index (χ4v) is 6.82. The molecule has 0 bridgehead atoms. The van der Waals surface area contributed by atoms with E-state index in [1.54, 1.807) is 6.07 Å². The third-order valence-electron chi connectivity index (χ3n) is 8.63. The molecule has 0 saturated carbocycles. The van der Waals surface area contributed by atoms with Crippen molar-refractivity contribution in [3.8, 4) is 5.75 Å². The minimum absolute atomic E-state index is 0.140. The topological polar surface area (TPSA) is 54.8 Å². The standard InChI is InChI=1S/C35H45N3O3S/c1-4-5-6-7-18-35(2,3)34(40)38-31-26-28(15-13-27(31)14-16-33(38)39)41-24-9-8-19-36-20-22-37(23-21-36)30-11-10-12-32-29(30)17-25-42-32/h10-17,25-26H,4-9,18-24H2,1-3H3. The second-order valence-electron chi connectivity index (χ2n) is 12.2. The van der Waals surface area contributed by atoms with Crippen LogP contribution >= 0.6 is 11.3 Å². The van der Waals surface area contributed by atoms with Crippen LogP contribution in [0, 0.1) is 5.41 Å². The molecule has 2 aromatic carbocycles. The van der Waals surface area contributed by atoms with E-state index in [1.165, 1.54) is 32.8 Å². The number of benzene rings is 2. The molecule has 3 heterocycles. The highest BCUT2D eigenvalue weighted by Gasteiger charge is 2.30.